The summed E-state index contributed by atoms with van der Waals surface area (Å²) in [6.45, 7) is 4.68. The van der Waals surface area contributed by atoms with Crippen molar-refractivity contribution in [3.8, 4) is 0 Å². The van der Waals surface area contributed by atoms with Crippen molar-refractivity contribution < 1.29 is 9.47 Å². The van der Waals surface area contributed by atoms with Gasteiger partial charge in [-0.05, 0) is 29.8 Å². The predicted molar refractivity (Wildman–Crippen MR) is 81.1 cm³/mol. The normalized spacial score (nSPS) is 11.3. The van der Waals surface area contributed by atoms with Gasteiger partial charge in [-0.1, -0.05) is 41.1 Å². The highest BCUT2D eigenvalue weighted by molar-refractivity contribution is 7.98. The van der Waals surface area contributed by atoms with Gasteiger partial charge in [0, 0.05) is 20.0 Å². The standard InChI is InChI=1S/C14H20N4O2S/c1-10-5-11(2)7-12(6-10)9-21-14-15-16-17-18(14)8-13(19-3)20-4/h5-7,13H,8-9H2,1-4H3. The van der Waals surface area contributed by atoms with Gasteiger partial charge in [-0.3, -0.25) is 0 Å². The lowest BCUT2D eigenvalue weighted by molar-refractivity contribution is -0.113. The summed E-state index contributed by atoms with van der Waals surface area (Å²) >= 11 is 1.60. The minimum absolute atomic E-state index is 0.353. The topological polar surface area (TPSA) is 62.1 Å². The van der Waals surface area contributed by atoms with Gasteiger partial charge >= 0.3 is 0 Å². The van der Waals surface area contributed by atoms with E-state index in [0.29, 0.717) is 6.54 Å². The summed E-state index contributed by atoms with van der Waals surface area (Å²) in [7, 11) is 3.20. The lowest BCUT2D eigenvalue weighted by atomic mass is 10.1. The fourth-order valence-corrected chi connectivity index (χ4v) is 2.92. The van der Waals surface area contributed by atoms with E-state index < -0.39 is 0 Å². The highest BCUT2D eigenvalue weighted by atomic mass is 32.2. The molecule has 0 aliphatic carbocycles. The average Bonchev–Trinajstić information content (AvgIpc) is 2.88. The Morgan fingerprint density at radius 1 is 1.14 bits per heavy atom. The molecule has 1 aromatic heterocycles. The van der Waals surface area contributed by atoms with Gasteiger partial charge in [0.05, 0.1) is 6.54 Å². The van der Waals surface area contributed by atoms with Gasteiger partial charge in [0.25, 0.3) is 0 Å². The van der Waals surface area contributed by atoms with E-state index in [1.54, 1.807) is 30.7 Å². The highest BCUT2D eigenvalue weighted by Gasteiger charge is 2.13. The highest BCUT2D eigenvalue weighted by Crippen LogP contribution is 2.21. The zero-order valence-corrected chi connectivity index (χ0v) is 13.6. The summed E-state index contributed by atoms with van der Waals surface area (Å²) in [6.07, 6.45) is -0.353. The second-order valence-electron chi connectivity index (χ2n) is 4.83. The van der Waals surface area contributed by atoms with Crippen molar-refractivity contribution in [3.63, 3.8) is 0 Å². The number of thioether (sulfide) groups is 1. The number of ether oxygens (including phenoxy) is 2. The maximum absolute atomic E-state index is 5.17. The van der Waals surface area contributed by atoms with E-state index in [1.165, 1.54) is 16.7 Å². The zero-order chi connectivity index (χ0) is 15.2. The number of hydrogen-bond acceptors (Lipinski definition) is 6. The Morgan fingerprint density at radius 2 is 1.81 bits per heavy atom. The number of tetrazole rings is 1. The molecule has 0 aliphatic rings. The lowest BCUT2D eigenvalue weighted by Gasteiger charge is -2.13. The first kappa shape index (κ1) is 15.9. The van der Waals surface area contributed by atoms with E-state index in [-0.39, 0.29) is 6.29 Å². The predicted octanol–water partition coefficient (Wildman–Crippen LogP) is 2.20. The molecule has 1 heterocycles. The fraction of sp³-hybridized carbons (Fsp3) is 0.500. The third-order valence-electron chi connectivity index (χ3n) is 3.00. The SMILES string of the molecule is COC(Cn1nnnc1SCc1cc(C)cc(C)c1)OC. The van der Waals surface area contributed by atoms with E-state index in [2.05, 4.69) is 47.6 Å². The van der Waals surface area contributed by atoms with E-state index in [9.17, 15) is 0 Å². The van der Waals surface area contributed by atoms with Gasteiger partial charge in [0.1, 0.15) is 0 Å². The maximum atomic E-state index is 5.17. The second kappa shape index (κ2) is 7.53. The minimum Gasteiger partial charge on any atom is -0.354 e. The monoisotopic (exact) mass is 308 g/mol. The molecule has 0 unspecified atom stereocenters. The Morgan fingerprint density at radius 3 is 2.43 bits per heavy atom. The van der Waals surface area contributed by atoms with Crippen LogP contribution in [0.5, 0.6) is 0 Å². The van der Waals surface area contributed by atoms with E-state index in [1.807, 2.05) is 0 Å². The molecule has 114 valence electrons. The van der Waals surface area contributed by atoms with Crippen LogP contribution in [0.3, 0.4) is 0 Å². The molecule has 0 saturated heterocycles. The molecule has 6 nitrogen and oxygen atoms in total. The summed E-state index contributed by atoms with van der Waals surface area (Å²) in [5, 5.41) is 12.5. The molecule has 2 aromatic rings. The minimum atomic E-state index is -0.353. The summed E-state index contributed by atoms with van der Waals surface area (Å²) in [5.41, 5.74) is 3.80. The first-order chi connectivity index (χ1) is 10.1. The number of rotatable bonds is 7. The van der Waals surface area contributed by atoms with Crippen LogP contribution < -0.4 is 0 Å². The molecule has 0 N–H and O–H groups in total. The van der Waals surface area contributed by atoms with Gasteiger partial charge in [-0.2, -0.15) is 0 Å². The number of aromatic nitrogens is 4. The van der Waals surface area contributed by atoms with Gasteiger partial charge in [-0.15, -0.1) is 5.10 Å². The van der Waals surface area contributed by atoms with Crippen molar-refractivity contribution in [2.45, 2.75) is 37.6 Å². The van der Waals surface area contributed by atoms with Crippen molar-refractivity contribution >= 4 is 11.8 Å². The van der Waals surface area contributed by atoms with Crippen LogP contribution >= 0.6 is 11.8 Å². The second-order valence-corrected chi connectivity index (χ2v) is 5.77. The lowest BCUT2D eigenvalue weighted by Crippen LogP contribution is -2.21. The first-order valence-electron chi connectivity index (χ1n) is 6.64. The van der Waals surface area contributed by atoms with Crippen LogP contribution in [0.1, 0.15) is 16.7 Å². The Hall–Kier alpha value is -1.44. The molecule has 2 rings (SSSR count). The van der Waals surface area contributed by atoms with E-state index >= 15 is 0 Å². The van der Waals surface area contributed by atoms with Crippen LogP contribution in [-0.4, -0.2) is 40.7 Å². The van der Waals surface area contributed by atoms with Crippen LogP contribution in [0.15, 0.2) is 23.4 Å². The molecule has 0 radical (unpaired) electrons. The summed E-state index contributed by atoms with van der Waals surface area (Å²) < 4.78 is 12.0. The zero-order valence-electron chi connectivity index (χ0n) is 12.7. The van der Waals surface area contributed by atoms with Gasteiger partial charge < -0.3 is 9.47 Å². The number of nitrogens with zero attached hydrogens (tertiary/aromatic N) is 4. The van der Waals surface area contributed by atoms with Gasteiger partial charge in [0.2, 0.25) is 5.16 Å². The Balaban J connectivity index is 2.02. The number of hydrogen-bond donors (Lipinski definition) is 0. The number of methoxy groups -OCH3 is 2. The smallest absolute Gasteiger partial charge is 0.209 e. The average molecular weight is 308 g/mol. The van der Waals surface area contributed by atoms with Crippen molar-refractivity contribution in [2.75, 3.05) is 14.2 Å². The largest absolute Gasteiger partial charge is 0.354 e. The maximum Gasteiger partial charge on any atom is 0.209 e. The van der Waals surface area contributed by atoms with Crippen LogP contribution in [-0.2, 0) is 21.8 Å². The molecule has 0 saturated carbocycles. The van der Waals surface area contributed by atoms with E-state index in [0.717, 1.165) is 10.9 Å². The molecule has 0 bridgehead atoms. The number of aryl methyl sites for hydroxylation is 2. The van der Waals surface area contributed by atoms with E-state index in [4.69, 9.17) is 9.47 Å². The van der Waals surface area contributed by atoms with Gasteiger partial charge in [-0.25, -0.2) is 4.68 Å². The first-order valence-corrected chi connectivity index (χ1v) is 7.62. The third kappa shape index (κ3) is 4.52. The number of benzene rings is 1. The molecule has 0 fully saturated rings. The van der Waals surface area contributed by atoms with Crippen LogP contribution in [0.2, 0.25) is 0 Å². The molecule has 0 atom stereocenters. The molecular formula is C14H20N4O2S. The molecule has 0 aliphatic heterocycles. The Labute approximate surface area is 128 Å². The Bertz CT molecular complexity index is 564. The quantitative estimate of drug-likeness (QED) is 0.577. The fourth-order valence-electron chi connectivity index (χ4n) is 2.10. The molecule has 0 spiro atoms. The van der Waals surface area contributed by atoms with Crippen LogP contribution in [0, 0.1) is 13.8 Å². The molecule has 7 heteroatoms. The molecule has 21 heavy (non-hydrogen) atoms. The summed E-state index contributed by atoms with van der Waals surface area (Å²) in [5.74, 6) is 0.827. The van der Waals surface area contributed by atoms with Crippen molar-refractivity contribution in [1.29, 1.82) is 0 Å². The summed E-state index contributed by atoms with van der Waals surface area (Å²) in [4.78, 5) is 0. The Kier molecular flexibility index (Phi) is 5.72. The third-order valence-corrected chi connectivity index (χ3v) is 4.02. The van der Waals surface area contributed by atoms with Crippen molar-refractivity contribution in [2.24, 2.45) is 0 Å². The van der Waals surface area contributed by atoms with Crippen molar-refractivity contribution in [3.05, 3.63) is 34.9 Å². The molecule has 0 amide bonds. The van der Waals surface area contributed by atoms with Crippen LogP contribution in [0.25, 0.3) is 0 Å². The summed E-state index contributed by atoms with van der Waals surface area (Å²) in [6, 6.07) is 6.53. The van der Waals surface area contributed by atoms with Crippen molar-refractivity contribution in [1.82, 2.24) is 20.2 Å². The van der Waals surface area contributed by atoms with Crippen LogP contribution in [0.4, 0.5) is 0 Å². The van der Waals surface area contributed by atoms with Gasteiger partial charge in [0.15, 0.2) is 6.29 Å². The molecule has 1 aromatic carbocycles. The molecular weight excluding hydrogens is 288 g/mol.